The predicted molar refractivity (Wildman–Crippen MR) is 266 cm³/mol. The highest BCUT2D eigenvalue weighted by Crippen LogP contribution is 2.31. The first-order valence-electron chi connectivity index (χ1n) is 20.0. The summed E-state index contributed by atoms with van der Waals surface area (Å²) in [5.74, 6) is -1.03. The molecule has 68 heavy (non-hydrogen) atoms. The summed E-state index contributed by atoms with van der Waals surface area (Å²) in [6, 6.07) is 30.1. The minimum Gasteiger partial charge on any atom is -0.481 e. The third kappa shape index (κ3) is 20.0. The molecule has 368 valence electrons. The number of fused-ring (bicyclic) bond motifs is 3. The van der Waals surface area contributed by atoms with Gasteiger partial charge in [0.05, 0.1) is 4.90 Å². The van der Waals surface area contributed by atoms with E-state index in [-0.39, 0.29) is 31.7 Å². The van der Waals surface area contributed by atoms with Crippen LogP contribution in [0.3, 0.4) is 0 Å². The zero-order valence-electron chi connectivity index (χ0n) is 37.1. The topological polar surface area (TPSA) is 318 Å². The number of nitrogens with two attached hydrogens (primary N) is 1. The lowest BCUT2D eigenvalue weighted by Gasteiger charge is -2.11. The van der Waals surface area contributed by atoms with Gasteiger partial charge < -0.3 is 37.4 Å². The van der Waals surface area contributed by atoms with Crippen LogP contribution in [0.1, 0.15) is 27.7 Å². The Morgan fingerprint density at radius 1 is 0.485 bits per heavy atom. The first kappa shape index (κ1) is 58.0. The first-order chi connectivity index (χ1) is 31.8. The number of hydrogen-bond donors (Lipinski definition) is 9. The van der Waals surface area contributed by atoms with Gasteiger partial charge in [-0.1, -0.05) is 72.8 Å². The highest BCUT2D eigenvalue weighted by molar-refractivity contribution is 8.14. The van der Waals surface area contributed by atoms with Crippen molar-refractivity contribution in [3.8, 4) is 0 Å². The smallest absolute Gasteiger partial charge is 0.300 e. The molecule has 0 bridgehead atoms. The van der Waals surface area contributed by atoms with Gasteiger partial charge in [0, 0.05) is 127 Å². The lowest BCUT2D eigenvalue weighted by atomic mass is 10.1. The van der Waals surface area contributed by atoms with Gasteiger partial charge in [-0.25, -0.2) is 8.42 Å². The Bertz CT molecular complexity index is 2900. The molecule has 0 aliphatic rings. The maximum atomic E-state index is 11.6. The normalized spacial score (nSPS) is 10.8. The van der Waals surface area contributed by atoms with Crippen LogP contribution >= 0.6 is 22.3 Å². The van der Waals surface area contributed by atoms with Crippen molar-refractivity contribution in [1.29, 1.82) is 0 Å². The zero-order chi connectivity index (χ0) is 51.2. The molecule has 0 radical (unpaired) electrons. The second kappa shape index (κ2) is 27.6. The fourth-order valence-corrected chi connectivity index (χ4v) is 8.54. The van der Waals surface area contributed by atoms with Gasteiger partial charge in [-0.15, -0.1) is 0 Å². The summed E-state index contributed by atoms with van der Waals surface area (Å²) in [6.07, 6.45) is 0. The molecule has 0 heterocycles. The van der Waals surface area contributed by atoms with Crippen LogP contribution in [0.5, 0.6) is 0 Å². The van der Waals surface area contributed by atoms with E-state index in [1.807, 2.05) is 24.3 Å². The van der Waals surface area contributed by atoms with Crippen LogP contribution < -0.4 is 32.3 Å². The second-order valence-corrected chi connectivity index (χ2v) is 19.7. The van der Waals surface area contributed by atoms with Gasteiger partial charge in [-0.3, -0.25) is 28.3 Å². The predicted octanol–water partition coefficient (Wildman–Crippen LogP) is 6.27. The number of carbonyl (C=O) groups excluding carboxylic acids is 3. The lowest BCUT2D eigenvalue weighted by molar-refractivity contribution is -0.134. The van der Waals surface area contributed by atoms with Crippen LogP contribution in [-0.4, -0.2) is 102 Å². The number of nitrogens with one attached hydrogen (secondary N) is 5. The number of halogens is 2. The van der Waals surface area contributed by atoms with Crippen LogP contribution in [0.25, 0.3) is 32.3 Å². The summed E-state index contributed by atoms with van der Waals surface area (Å²) in [5.41, 5.74) is 7.75. The standard InChI is InChI=1S/C14H15ClN2O3S.C14H16N2O4S.C12H14N2O3S.C2H3ClO.C2H4O2/c1-10(18)16-8-9-17-13-6-2-5-12-11(13)4-3-7-14(12)21(15,19)20;1-10(17)15-8-9-16-13-6-2-5-12-11(13)4-3-7-14(12)21(18,19)20;13-7-8-14-11-5-1-4-10-9(11)3-2-6-12(10)18(15,16)17;2*1-2(3)4/h2-7,17H,8-9H2,1H3,(H,16,18);2-7,16H,8-9H2,1H3,(H,15,17)(H,18,19,20);1-6,14H,7-8,13H2,(H,15,16,17);1H3;1H3,(H,3,4). The van der Waals surface area contributed by atoms with Gasteiger partial charge in [0.2, 0.25) is 17.1 Å². The van der Waals surface area contributed by atoms with Crippen LogP contribution in [0.4, 0.5) is 17.1 Å². The average Bonchev–Trinajstić information content (AvgIpc) is 3.24. The summed E-state index contributed by atoms with van der Waals surface area (Å²) in [5, 5.41) is 25.5. The largest absolute Gasteiger partial charge is 0.481 e. The molecule has 19 nitrogen and oxygen atoms in total. The van der Waals surface area contributed by atoms with Crippen molar-refractivity contribution in [1.82, 2.24) is 10.6 Å². The highest BCUT2D eigenvalue weighted by atomic mass is 35.7. The second-order valence-electron chi connectivity index (χ2n) is 13.9. The summed E-state index contributed by atoms with van der Waals surface area (Å²) in [4.78, 5) is 39.7. The summed E-state index contributed by atoms with van der Waals surface area (Å²) >= 11 is 4.64. The number of carboxylic acid groups (broad SMARTS) is 1. The van der Waals surface area contributed by atoms with E-state index in [1.165, 1.54) is 39.0 Å². The molecule has 6 aromatic rings. The first-order valence-corrected chi connectivity index (χ1v) is 25.6. The molecule has 0 saturated carbocycles. The van der Waals surface area contributed by atoms with E-state index in [1.54, 1.807) is 66.7 Å². The monoisotopic (exact) mass is 1040 g/mol. The van der Waals surface area contributed by atoms with Crippen molar-refractivity contribution in [2.45, 2.75) is 42.4 Å². The third-order valence-corrected chi connectivity index (χ3v) is 11.8. The van der Waals surface area contributed by atoms with E-state index in [0.29, 0.717) is 60.8 Å². The Labute approximate surface area is 403 Å². The minimum atomic E-state index is -4.27. The van der Waals surface area contributed by atoms with Gasteiger partial charge in [0.1, 0.15) is 9.79 Å². The number of carboxylic acids is 1. The van der Waals surface area contributed by atoms with E-state index < -0.39 is 35.3 Å². The number of carbonyl (C=O) groups is 4. The molecule has 0 saturated heterocycles. The van der Waals surface area contributed by atoms with E-state index in [0.717, 1.165) is 34.8 Å². The summed E-state index contributed by atoms with van der Waals surface area (Å²) in [6.45, 7) is 8.34. The molecule has 0 aliphatic heterocycles. The Kier molecular flexibility index (Phi) is 23.6. The summed E-state index contributed by atoms with van der Waals surface area (Å²) < 4.78 is 87.0. The van der Waals surface area contributed by atoms with Crippen molar-refractivity contribution in [3.05, 3.63) is 109 Å². The van der Waals surface area contributed by atoms with Crippen molar-refractivity contribution < 1.29 is 58.6 Å². The molecule has 0 fully saturated rings. The lowest BCUT2D eigenvalue weighted by Crippen LogP contribution is -2.26. The molecule has 0 aromatic heterocycles. The Morgan fingerprint density at radius 2 is 0.750 bits per heavy atom. The molecule has 0 unspecified atom stereocenters. The number of anilines is 3. The average molecular weight is 1040 g/mol. The number of aliphatic carboxylic acids is 1. The van der Waals surface area contributed by atoms with Gasteiger partial charge in [-0.05, 0) is 48.0 Å². The van der Waals surface area contributed by atoms with E-state index in [9.17, 15) is 48.7 Å². The number of rotatable bonds is 14. The molecular weight excluding hydrogens is 988 g/mol. The molecule has 6 aromatic carbocycles. The molecule has 0 aliphatic carbocycles. The van der Waals surface area contributed by atoms with Gasteiger partial charge in [-0.2, -0.15) is 16.8 Å². The molecular formula is C44H52Cl2N6O13S3. The fourth-order valence-electron chi connectivity index (χ4n) is 6.05. The van der Waals surface area contributed by atoms with Crippen molar-refractivity contribution in [2.75, 3.05) is 55.2 Å². The maximum Gasteiger partial charge on any atom is 0.300 e. The molecule has 10 N–H and O–H groups in total. The Hall–Kier alpha value is -6.11. The molecule has 6 rings (SSSR count). The van der Waals surface area contributed by atoms with E-state index >= 15 is 0 Å². The molecule has 2 amide bonds. The van der Waals surface area contributed by atoms with Crippen molar-refractivity contribution in [3.63, 3.8) is 0 Å². The number of benzene rings is 6. The highest BCUT2D eigenvalue weighted by Gasteiger charge is 2.17. The minimum absolute atomic E-state index is 0.0867. The van der Waals surface area contributed by atoms with Gasteiger partial charge in [0.25, 0.3) is 35.3 Å². The van der Waals surface area contributed by atoms with Gasteiger partial charge >= 0.3 is 0 Å². The van der Waals surface area contributed by atoms with Crippen LogP contribution in [0, 0.1) is 0 Å². The SMILES string of the molecule is CC(=O)Cl.CC(=O)NCCNc1cccc2c(S(=O)(=O)Cl)cccc12.CC(=O)NCCNc1cccc2c(S(=O)(=O)O)cccc12.CC(=O)O.NCCNc1cccc2c(S(=O)(=O)O)cccc12. The maximum absolute atomic E-state index is 11.6. The molecule has 24 heteroatoms. The quantitative estimate of drug-likeness (QED) is 0.0330. The van der Waals surface area contributed by atoms with Crippen LogP contribution in [-0.2, 0) is 48.5 Å². The van der Waals surface area contributed by atoms with E-state index in [2.05, 4.69) is 38.2 Å². The third-order valence-electron chi connectivity index (χ3n) is 8.55. The van der Waals surface area contributed by atoms with Crippen LogP contribution in [0.15, 0.2) is 124 Å². The van der Waals surface area contributed by atoms with Crippen LogP contribution in [0.2, 0.25) is 0 Å². The number of amides is 2. The van der Waals surface area contributed by atoms with Crippen molar-refractivity contribution >= 4 is 124 Å². The van der Waals surface area contributed by atoms with Gasteiger partial charge in [0.15, 0.2) is 0 Å². The molecule has 0 spiro atoms. The summed E-state index contributed by atoms with van der Waals surface area (Å²) in [7, 11) is -6.83. The fraction of sp³-hybridized carbons (Fsp3) is 0.227. The Balaban J connectivity index is 0.000000324. The number of hydrogen-bond acceptors (Lipinski definition) is 14. The molecule has 0 atom stereocenters. The van der Waals surface area contributed by atoms with E-state index in [4.69, 9.17) is 26.3 Å². The zero-order valence-corrected chi connectivity index (χ0v) is 41.1. The Morgan fingerprint density at radius 3 is 1.03 bits per heavy atom. The van der Waals surface area contributed by atoms with Crippen molar-refractivity contribution in [2.24, 2.45) is 5.73 Å².